The van der Waals surface area contributed by atoms with E-state index >= 15 is 0 Å². The van der Waals surface area contributed by atoms with Gasteiger partial charge < -0.3 is 5.32 Å². The summed E-state index contributed by atoms with van der Waals surface area (Å²) in [6, 6.07) is 16.1. The van der Waals surface area contributed by atoms with Crippen LogP contribution in [-0.4, -0.2) is 11.7 Å². The van der Waals surface area contributed by atoms with Crippen molar-refractivity contribution in [3.8, 4) is 6.07 Å². The molecular weight excluding hydrogens is 276 g/mol. The molecule has 0 aliphatic carbocycles. The van der Waals surface area contributed by atoms with E-state index in [1.807, 2.05) is 25.1 Å². The predicted molar refractivity (Wildman–Crippen MR) is 84.5 cm³/mol. The lowest BCUT2D eigenvalue weighted by atomic mass is 10.0. The highest BCUT2D eigenvalue weighted by Gasteiger charge is 2.10. The van der Waals surface area contributed by atoms with Crippen LogP contribution in [0.3, 0.4) is 0 Å². The summed E-state index contributed by atoms with van der Waals surface area (Å²) < 4.78 is 0. The summed E-state index contributed by atoms with van der Waals surface area (Å²) in [4.78, 5) is 23.9. The number of nitrogens with one attached hydrogen (secondary N) is 1. The molecule has 0 atom stereocenters. The summed E-state index contributed by atoms with van der Waals surface area (Å²) in [7, 11) is 0. The molecule has 2 aromatic carbocycles. The summed E-state index contributed by atoms with van der Waals surface area (Å²) >= 11 is 0. The lowest BCUT2D eigenvalue weighted by Gasteiger charge is -2.06. The maximum atomic E-state index is 12.0. The van der Waals surface area contributed by atoms with E-state index in [1.165, 1.54) is 0 Å². The normalized spacial score (nSPS) is 9.82. The van der Waals surface area contributed by atoms with Gasteiger partial charge in [0, 0.05) is 18.4 Å². The Labute approximate surface area is 129 Å². The summed E-state index contributed by atoms with van der Waals surface area (Å²) in [6.07, 6.45) is 0.232. The SMILES string of the molecule is Cc1ccc(C(=O)CCC(=O)Nc2ccccc2C#N)cc1. The molecule has 0 saturated heterocycles. The second-order valence-electron chi connectivity index (χ2n) is 4.99. The zero-order valence-electron chi connectivity index (χ0n) is 12.3. The zero-order chi connectivity index (χ0) is 15.9. The van der Waals surface area contributed by atoms with Crippen LogP contribution in [0.2, 0.25) is 0 Å². The number of hydrogen-bond donors (Lipinski definition) is 1. The Kier molecular flexibility index (Phi) is 5.05. The number of carbonyl (C=O) groups is 2. The number of Topliss-reactive ketones (excluding diaryl/α,β-unsaturated/α-hetero) is 1. The van der Waals surface area contributed by atoms with E-state index in [4.69, 9.17) is 5.26 Å². The number of para-hydroxylation sites is 1. The fourth-order valence-corrected chi connectivity index (χ4v) is 2.01. The Morgan fingerprint density at radius 3 is 2.41 bits per heavy atom. The number of anilines is 1. The first-order chi connectivity index (χ1) is 10.6. The van der Waals surface area contributed by atoms with Crippen molar-refractivity contribution in [2.45, 2.75) is 19.8 Å². The Bertz CT molecular complexity index is 727. The largest absolute Gasteiger partial charge is 0.325 e. The van der Waals surface area contributed by atoms with Crippen LogP contribution >= 0.6 is 0 Å². The van der Waals surface area contributed by atoms with Crippen molar-refractivity contribution < 1.29 is 9.59 Å². The molecule has 2 rings (SSSR count). The first-order valence-corrected chi connectivity index (χ1v) is 6.99. The van der Waals surface area contributed by atoms with Gasteiger partial charge in [-0.15, -0.1) is 0 Å². The topological polar surface area (TPSA) is 70.0 Å². The maximum absolute atomic E-state index is 12.0. The Morgan fingerprint density at radius 1 is 1.05 bits per heavy atom. The Hall–Kier alpha value is -2.93. The van der Waals surface area contributed by atoms with Crippen molar-refractivity contribution in [2.24, 2.45) is 0 Å². The Morgan fingerprint density at radius 2 is 1.73 bits per heavy atom. The summed E-state index contributed by atoms with van der Waals surface area (Å²) in [5.41, 5.74) is 2.57. The van der Waals surface area contributed by atoms with Crippen molar-refractivity contribution in [1.29, 1.82) is 5.26 Å². The van der Waals surface area contributed by atoms with Crippen molar-refractivity contribution in [3.05, 3.63) is 65.2 Å². The number of rotatable bonds is 5. The van der Waals surface area contributed by atoms with E-state index in [-0.39, 0.29) is 24.5 Å². The summed E-state index contributed by atoms with van der Waals surface area (Å²) in [6.45, 7) is 1.95. The van der Waals surface area contributed by atoms with Gasteiger partial charge in [0.25, 0.3) is 0 Å². The van der Waals surface area contributed by atoms with Crippen LogP contribution in [-0.2, 0) is 4.79 Å². The number of nitrogens with zero attached hydrogens (tertiary/aromatic N) is 1. The number of benzene rings is 2. The molecule has 0 aliphatic rings. The van der Waals surface area contributed by atoms with Crippen molar-refractivity contribution in [2.75, 3.05) is 5.32 Å². The molecule has 0 spiro atoms. The molecule has 0 fully saturated rings. The lowest BCUT2D eigenvalue weighted by Crippen LogP contribution is -2.14. The minimum absolute atomic E-state index is 0.0660. The number of amides is 1. The zero-order valence-corrected chi connectivity index (χ0v) is 12.3. The third-order valence-corrected chi connectivity index (χ3v) is 3.27. The minimum Gasteiger partial charge on any atom is -0.325 e. The van der Waals surface area contributed by atoms with Crippen LogP contribution in [0.1, 0.15) is 34.3 Å². The van der Waals surface area contributed by atoms with Gasteiger partial charge in [0.15, 0.2) is 5.78 Å². The third-order valence-electron chi connectivity index (χ3n) is 3.27. The average Bonchev–Trinajstić information content (AvgIpc) is 2.54. The highest BCUT2D eigenvalue weighted by atomic mass is 16.2. The molecule has 0 saturated carbocycles. The van der Waals surface area contributed by atoms with Gasteiger partial charge >= 0.3 is 0 Å². The summed E-state index contributed by atoms with van der Waals surface area (Å²) in [5, 5.41) is 11.6. The summed E-state index contributed by atoms with van der Waals surface area (Å²) in [5.74, 6) is -0.341. The van der Waals surface area contributed by atoms with E-state index in [2.05, 4.69) is 5.32 Å². The quantitative estimate of drug-likeness (QED) is 0.858. The second-order valence-corrected chi connectivity index (χ2v) is 4.99. The second kappa shape index (κ2) is 7.19. The number of carbonyl (C=O) groups excluding carboxylic acids is 2. The van der Waals surface area contributed by atoms with Gasteiger partial charge in [0.1, 0.15) is 6.07 Å². The van der Waals surface area contributed by atoms with Gasteiger partial charge in [0.2, 0.25) is 5.91 Å². The molecule has 0 aromatic heterocycles. The van der Waals surface area contributed by atoms with Gasteiger partial charge in [-0.3, -0.25) is 9.59 Å². The van der Waals surface area contributed by atoms with Crippen molar-refractivity contribution >= 4 is 17.4 Å². The van der Waals surface area contributed by atoms with E-state index < -0.39 is 0 Å². The molecule has 0 heterocycles. The average molecular weight is 292 g/mol. The molecule has 0 radical (unpaired) electrons. The molecule has 0 bridgehead atoms. The van der Waals surface area contributed by atoms with E-state index in [0.29, 0.717) is 16.8 Å². The van der Waals surface area contributed by atoms with Gasteiger partial charge in [-0.2, -0.15) is 5.26 Å². The Balaban J connectivity index is 1.91. The number of hydrogen-bond acceptors (Lipinski definition) is 3. The molecule has 22 heavy (non-hydrogen) atoms. The minimum atomic E-state index is -0.275. The van der Waals surface area contributed by atoms with E-state index in [1.54, 1.807) is 36.4 Å². The smallest absolute Gasteiger partial charge is 0.224 e. The van der Waals surface area contributed by atoms with Crippen LogP contribution < -0.4 is 5.32 Å². The molecular formula is C18H16N2O2. The highest BCUT2D eigenvalue weighted by Crippen LogP contribution is 2.14. The van der Waals surface area contributed by atoms with Crippen LogP contribution in [0.5, 0.6) is 0 Å². The van der Waals surface area contributed by atoms with E-state index in [0.717, 1.165) is 5.56 Å². The molecule has 2 aromatic rings. The van der Waals surface area contributed by atoms with Crippen LogP contribution in [0.4, 0.5) is 5.69 Å². The lowest BCUT2D eigenvalue weighted by molar-refractivity contribution is -0.116. The number of ketones is 1. The molecule has 0 aliphatic heterocycles. The fraction of sp³-hybridized carbons (Fsp3) is 0.167. The first kappa shape index (κ1) is 15.5. The van der Waals surface area contributed by atoms with Crippen molar-refractivity contribution in [3.63, 3.8) is 0 Å². The maximum Gasteiger partial charge on any atom is 0.224 e. The molecule has 1 amide bonds. The molecule has 1 N–H and O–H groups in total. The van der Waals surface area contributed by atoms with E-state index in [9.17, 15) is 9.59 Å². The third kappa shape index (κ3) is 4.03. The van der Waals surface area contributed by atoms with Crippen molar-refractivity contribution in [1.82, 2.24) is 0 Å². The fourth-order valence-electron chi connectivity index (χ4n) is 2.01. The standard InChI is InChI=1S/C18H16N2O2/c1-13-6-8-14(9-7-13)17(21)10-11-18(22)20-16-5-3-2-4-15(16)12-19/h2-9H,10-11H2,1H3,(H,20,22). The number of aryl methyl sites for hydroxylation is 1. The van der Waals surface area contributed by atoms with Crippen LogP contribution in [0.25, 0.3) is 0 Å². The predicted octanol–water partition coefficient (Wildman–Crippen LogP) is 3.47. The van der Waals surface area contributed by atoms with Crippen LogP contribution in [0.15, 0.2) is 48.5 Å². The van der Waals surface area contributed by atoms with Gasteiger partial charge in [-0.25, -0.2) is 0 Å². The van der Waals surface area contributed by atoms with Gasteiger partial charge in [-0.05, 0) is 19.1 Å². The molecule has 110 valence electrons. The molecule has 4 heteroatoms. The monoisotopic (exact) mass is 292 g/mol. The van der Waals surface area contributed by atoms with Gasteiger partial charge in [-0.1, -0.05) is 42.0 Å². The first-order valence-electron chi connectivity index (χ1n) is 6.99. The molecule has 4 nitrogen and oxygen atoms in total. The van der Waals surface area contributed by atoms with Gasteiger partial charge in [0.05, 0.1) is 11.3 Å². The highest BCUT2D eigenvalue weighted by molar-refractivity contribution is 6.00. The molecule has 0 unspecified atom stereocenters. The number of nitriles is 1. The van der Waals surface area contributed by atoms with Crippen LogP contribution in [0, 0.1) is 18.3 Å².